The quantitative estimate of drug-likeness (QED) is 0.474. The van der Waals surface area contributed by atoms with E-state index in [1.807, 2.05) is 5.32 Å². The van der Waals surface area contributed by atoms with Crippen LogP contribution in [0.5, 0.6) is 0 Å². The lowest BCUT2D eigenvalue weighted by atomic mass is 10.1. The zero-order valence-electron chi connectivity index (χ0n) is 10.00. The number of nitro groups is 1. The number of hydrogen-bond acceptors (Lipinski definition) is 4. The van der Waals surface area contributed by atoms with Crippen LogP contribution in [0.1, 0.15) is 16.8 Å². The fraction of sp³-hybridized carbons (Fsp3) is 0.167. The van der Waals surface area contributed by atoms with Gasteiger partial charge in [0.15, 0.2) is 0 Å². The van der Waals surface area contributed by atoms with Crippen LogP contribution in [0.2, 0.25) is 0 Å². The standard InChI is InChI=1S/C12H9FN2O5/c1-2-3-10(12(17)18)14-11(16)8-6-7(15(19)20)4-5-9(8)13/h1,4-6,10H,3H2,(H,14,16)(H,17,18). The number of nitro benzene ring substituents is 1. The molecule has 0 bridgehead atoms. The second-order valence-corrected chi connectivity index (χ2v) is 3.69. The van der Waals surface area contributed by atoms with Crippen LogP contribution in [0.4, 0.5) is 10.1 Å². The van der Waals surface area contributed by atoms with Crippen molar-refractivity contribution in [3.8, 4) is 12.3 Å². The summed E-state index contributed by atoms with van der Waals surface area (Å²) in [6.07, 6.45) is 4.65. The highest BCUT2D eigenvalue weighted by atomic mass is 19.1. The van der Waals surface area contributed by atoms with Crippen molar-refractivity contribution in [2.45, 2.75) is 12.5 Å². The summed E-state index contributed by atoms with van der Waals surface area (Å²) >= 11 is 0. The molecule has 2 N–H and O–H groups in total. The molecule has 1 rings (SSSR count). The van der Waals surface area contributed by atoms with Crippen LogP contribution < -0.4 is 5.32 Å². The number of hydrogen-bond donors (Lipinski definition) is 2. The topological polar surface area (TPSA) is 110 Å². The summed E-state index contributed by atoms with van der Waals surface area (Å²) in [5, 5.41) is 21.3. The minimum atomic E-state index is -1.40. The van der Waals surface area contributed by atoms with Crippen LogP contribution in [0.3, 0.4) is 0 Å². The van der Waals surface area contributed by atoms with Gasteiger partial charge in [-0.15, -0.1) is 12.3 Å². The summed E-state index contributed by atoms with van der Waals surface area (Å²) in [6.45, 7) is 0. The first-order valence-electron chi connectivity index (χ1n) is 5.28. The van der Waals surface area contributed by atoms with Gasteiger partial charge in [0.2, 0.25) is 0 Å². The monoisotopic (exact) mass is 280 g/mol. The molecule has 0 fully saturated rings. The van der Waals surface area contributed by atoms with Crippen molar-refractivity contribution in [3.05, 3.63) is 39.7 Å². The van der Waals surface area contributed by atoms with Crippen LogP contribution in [-0.2, 0) is 4.79 Å². The van der Waals surface area contributed by atoms with Gasteiger partial charge in [0, 0.05) is 18.6 Å². The van der Waals surface area contributed by atoms with E-state index in [0.29, 0.717) is 0 Å². The molecular formula is C12H9FN2O5. The van der Waals surface area contributed by atoms with Gasteiger partial charge in [0.05, 0.1) is 10.5 Å². The van der Waals surface area contributed by atoms with Crippen molar-refractivity contribution >= 4 is 17.6 Å². The maximum absolute atomic E-state index is 13.4. The number of aliphatic carboxylic acids is 1. The average molecular weight is 280 g/mol. The van der Waals surface area contributed by atoms with Crippen LogP contribution in [0.15, 0.2) is 18.2 Å². The van der Waals surface area contributed by atoms with Crippen molar-refractivity contribution < 1.29 is 24.0 Å². The number of carbonyl (C=O) groups excluding carboxylic acids is 1. The molecule has 8 heteroatoms. The second-order valence-electron chi connectivity index (χ2n) is 3.69. The Bertz CT molecular complexity index is 608. The van der Waals surface area contributed by atoms with Crippen molar-refractivity contribution in [1.29, 1.82) is 0 Å². The van der Waals surface area contributed by atoms with Gasteiger partial charge in [-0.25, -0.2) is 9.18 Å². The Balaban J connectivity index is 3.02. The Morgan fingerprint density at radius 1 is 1.55 bits per heavy atom. The number of non-ortho nitro benzene ring substituents is 1. The maximum Gasteiger partial charge on any atom is 0.327 e. The van der Waals surface area contributed by atoms with E-state index in [-0.39, 0.29) is 6.42 Å². The molecule has 0 aliphatic heterocycles. The van der Waals surface area contributed by atoms with E-state index in [2.05, 4.69) is 5.92 Å². The minimum Gasteiger partial charge on any atom is -0.480 e. The van der Waals surface area contributed by atoms with Gasteiger partial charge in [-0.05, 0) is 6.07 Å². The maximum atomic E-state index is 13.4. The van der Waals surface area contributed by atoms with E-state index in [4.69, 9.17) is 11.5 Å². The minimum absolute atomic E-state index is 0.294. The van der Waals surface area contributed by atoms with E-state index in [1.54, 1.807) is 0 Å². The first-order valence-corrected chi connectivity index (χ1v) is 5.28. The van der Waals surface area contributed by atoms with E-state index in [1.165, 1.54) is 0 Å². The molecule has 0 aliphatic rings. The SMILES string of the molecule is C#CCC(NC(=O)c1cc([N+](=O)[O-])ccc1F)C(=O)O. The number of nitrogens with one attached hydrogen (secondary N) is 1. The van der Waals surface area contributed by atoms with E-state index >= 15 is 0 Å². The fourth-order valence-electron chi connectivity index (χ4n) is 1.35. The van der Waals surface area contributed by atoms with Crippen LogP contribution in [-0.4, -0.2) is 27.9 Å². The first-order chi connectivity index (χ1) is 9.36. The van der Waals surface area contributed by atoms with Crippen molar-refractivity contribution in [1.82, 2.24) is 5.32 Å². The summed E-state index contributed by atoms with van der Waals surface area (Å²) in [4.78, 5) is 32.3. The largest absolute Gasteiger partial charge is 0.480 e. The number of amides is 1. The third kappa shape index (κ3) is 3.52. The zero-order valence-corrected chi connectivity index (χ0v) is 10.00. The average Bonchev–Trinajstić information content (AvgIpc) is 2.38. The predicted molar refractivity (Wildman–Crippen MR) is 65.4 cm³/mol. The van der Waals surface area contributed by atoms with Gasteiger partial charge in [0.1, 0.15) is 11.9 Å². The van der Waals surface area contributed by atoms with E-state index in [9.17, 15) is 24.1 Å². The first kappa shape index (κ1) is 15.1. The molecule has 0 aliphatic carbocycles. The molecular weight excluding hydrogens is 271 g/mol. The lowest BCUT2D eigenvalue weighted by Crippen LogP contribution is -2.40. The van der Waals surface area contributed by atoms with Gasteiger partial charge < -0.3 is 10.4 Å². The molecule has 0 spiro atoms. The third-order valence-electron chi connectivity index (χ3n) is 2.33. The number of nitrogens with zero attached hydrogens (tertiary/aromatic N) is 1. The normalized spacial score (nSPS) is 11.2. The summed E-state index contributed by atoms with van der Waals surface area (Å²) in [6, 6.07) is 0.970. The van der Waals surface area contributed by atoms with E-state index in [0.717, 1.165) is 18.2 Å². The van der Waals surface area contributed by atoms with Gasteiger partial charge in [-0.1, -0.05) is 0 Å². The number of carboxylic acids is 1. The number of terminal acetylenes is 1. The Morgan fingerprint density at radius 3 is 2.70 bits per heavy atom. The Labute approximate surface area is 112 Å². The van der Waals surface area contributed by atoms with Gasteiger partial charge >= 0.3 is 5.97 Å². The number of halogens is 1. The lowest BCUT2D eigenvalue weighted by molar-refractivity contribution is -0.384. The second kappa shape index (κ2) is 6.29. The predicted octanol–water partition coefficient (Wildman–Crippen LogP) is 0.940. The zero-order chi connectivity index (χ0) is 15.3. The highest BCUT2D eigenvalue weighted by Gasteiger charge is 2.23. The molecule has 1 aromatic carbocycles. The molecule has 0 saturated heterocycles. The van der Waals surface area contributed by atoms with Gasteiger partial charge in [-0.3, -0.25) is 14.9 Å². The van der Waals surface area contributed by atoms with Crippen LogP contribution >= 0.6 is 0 Å². The van der Waals surface area contributed by atoms with Crippen LogP contribution in [0, 0.1) is 28.3 Å². The fourth-order valence-corrected chi connectivity index (χ4v) is 1.35. The summed E-state index contributed by atoms with van der Waals surface area (Å²) in [7, 11) is 0. The molecule has 1 unspecified atom stereocenters. The number of carboxylic acid groups (broad SMARTS) is 1. The van der Waals surface area contributed by atoms with E-state index < -0.39 is 39.9 Å². The molecule has 7 nitrogen and oxygen atoms in total. The molecule has 20 heavy (non-hydrogen) atoms. The van der Waals surface area contributed by atoms with Gasteiger partial charge in [0.25, 0.3) is 11.6 Å². The van der Waals surface area contributed by atoms with Crippen molar-refractivity contribution in [2.75, 3.05) is 0 Å². The highest BCUT2D eigenvalue weighted by molar-refractivity contribution is 5.97. The smallest absolute Gasteiger partial charge is 0.327 e. The highest BCUT2D eigenvalue weighted by Crippen LogP contribution is 2.17. The molecule has 0 aromatic heterocycles. The van der Waals surface area contributed by atoms with Gasteiger partial charge in [-0.2, -0.15) is 0 Å². The summed E-state index contributed by atoms with van der Waals surface area (Å²) < 4.78 is 13.4. The lowest BCUT2D eigenvalue weighted by Gasteiger charge is -2.12. The Morgan fingerprint density at radius 2 is 2.20 bits per heavy atom. The number of benzene rings is 1. The third-order valence-corrected chi connectivity index (χ3v) is 2.33. The summed E-state index contributed by atoms with van der Waals surface area (Å²) in [5.41, 5.74) is -1.11. The Hall–Kier alpha value is -2.95. The van der Waals surface area contributed by atoms with Crippen molar-refractivity contribution in [2.24, 2.45) is 0 Å². The number of carbonyl (C=O) groups is 2. The summed E-state index contributed by atoms with van der Waals surface area (Å²) in [5.74, 6) is -1.43. The van der Waals surface area contributed by atoms with Crippen molar-refractivity contribution in [3.63, 3.8) is 0 Å². The van der Waals surface area contributed by atoms with Crippen LogP contribution in [0.25, 0.3) is 0 Å². The molecule has 1 atom stereocenters. The molecule has 104 valence electrons. The molecule has 1 aromatic rings. The Kier molecular flexibility index (Phi) is 4.75. The molecule has 1 amide bonds. The number of rotatable bonds is 5. The molecule has 0 radical (unpaired) electrons. The molecule has 0 saturated carbocycles. The molecule has 0 heterocycles.